The summed E-state index contributed by atoms with van der Waals surface area (Å²) in [6.07, 6.45) is 1.66. The van der Waals surface area contributed by atoms with Gasteiger partial charge in [0.2, 0.25) is 0 Å². The van der Waals surface area contributed by atoms with E-state index in [0.29, 0.717) is 17.8 Å². The van der Waals surface area contributed by atoms with Crippen molar-refractivity contribution in [1.82, 2.24) is 19.9 Å². The molecule has 148 valence electrons. The third kappa shape index (κ3) is 2.68. The average molecular weight is 394 g/mol. The summed E-state index contributed by atoms with van der Waals surface area (Å²) < 4.78 is 31.2. The van der Waals surface area contributed by atoms with Crippen LogP contribution in [0.25, 0.3) is 0 Å². The van der Waals surface area contributed by atoms with Gasteiger partial charge < -0.3 is 4.90 Å². The van der Waals surface area contributed by atoms with Crippen LogP contribution in [0.3, 0.4) is 0 Å². The highest BCUT2D eigenvalue weighted by molar-refractivity contribution is 5.92. The minimum Gasteiger partial charge on any atom is -0.337 e. The van der Waals surface area contributed by atoms with Gasteiger partial charge in [-0.2, -0.15) is 0 Å². The molecule has 1 saturated heterocycles. The Balaban J connectivity index is 1.36. The van der Waals surface area contributed by atoms with Crippen molar-refractivity contribution in [3.63, 3.8) is 0 Å². The summed E-state index contributed by atoms with van der Waals surface area (Å²) in [6, 6.07) is 18.6. The molecule has 2 aliphatic rings. The number of hydrogen-bond acceptors (Lipinski definition) is 3. The fourth-order valence-electron chi connectivity index (χ4n) is 4.68. The van der Waals surface area contributed by atoms with Crippen molar-refractivity contribution in [3.8, 4) is 0 Å². The molecule has 0 bridgehead atoms. The number of hydrogen-bond donors (Lipinski definition) is 0. The van der Waals surface area contributed by atoms with Gasteiger partial charge in [-0.1, -0.05) is 65.9 Å². The van der Waals surface area contributed by atoms with Crippen molar-refractivity contribution in [2.75, 3.05) is 13.1 Å². The standard InChI is InChI=1S/C22H20F2N4O/c23-22(24)19-15-27(12-11-21(19,22)17-9-5-2-6-10-17)20(29)18-13-25-26-28(18)14-16-7-3-1-4-8-16/h1-10,13,19H,11-12,14-15H2. The number of amides is 1. The maximum Gasteiger partial charge on any atom is 0.273 e. The van der Waals surface area contributed by atoms with Gasteiger partial charge in [-0.3, -0.25) is 4.79 Å². The van der Waals surface area contributed by atoms with Gasteiger partial charge in [-0.15, -0.1) is 5.10 Å². The number of aromatic nitrogens is 3. The van der Waals surface area contributed by atoms with E-state index in [1.807, 2.05) is 36.4 Å². The zero-order valence-corrected chi connectivity index (χ0v) is 15.7. The Morgan fingerprint density at radius 1 is 1.07 bits per heavy atom. The van der Waals surface area contributed by atoms with Crippen molar-refractivity contribution >= 4 is 5.91 Å². The molecule has 1 aliphatic heterocycles. The second kappa shape index (κ2) is 6.47. The van der Waals surface area contributed by atoms with Crippen LogP contribution in [-0.2, 0) is 12.0 Å². The molecule has 3 aromatic rings. The number of piperidine rings is 1. The number of halogens is 2. The Morgan fingerprint density at radius 3 is 2.45 bits per heavy atom. The molecule has 0 N–H and O–H groups in total. The minimum atomic E-state index is -2.80. The van der Waals surface area contributed by atoms with E-state index in [-0.39, 0.29) is 25.4 Å². The van der Waals surface area contributed by atoms with Gasteiger partial charge in [0.15, 0.2) is 0 Å². The predicted molar refractivity (Wildman–Crippen MR) is 103 cm³/mol. The van der Waals surface area contributed by atoms with Crippen LogP contribution >= 0.6 is 0 Å². The smallest absolute Gasteiger partial charge is 0.273 e. The molecule has 0 radical (unpaired) electrons. The normalized spacial score (nSPS) is 24.8. The summed E-state index contributed by atoms with van der Waals surface area (Å²) in [6.45, 7) is 0.733. The zero-order chi connectivity index (χ0) is 20.1. The number of fused-ring (bicyclic) bond motifs is 1. The largest absolute Gasteiger partial charge is 0.337 e. The van der Waals surface area contributed by atoms with Crippen LogP contribution in [0.1, 0.15) is 28.0 Å². The molecule has 2 atom stereocenters. The molecule has 5 nitrogen and oxygen atoms in total. The number of carbonyl (C=O) groups is 1. The molecule has 1 saturated carbocycles. The highest BCUT2D eigenvalue weighted by Crippen LogP contribution is 2.70. The van der Waals surface area contributed by atoms with Crippen LogP contribution in [0.15, 0.2) is 66.9 Å². The Bertz CT molecular complexity index is 1040. The van der Waals surface area contributed by atoms with Gasteiger partial charge >= 0.3 is 0 Å². The highest BCUT2D eigenvalue weighted by Gasteiger charge is 2.81. The van der Waals surface area contributed by atoms with E-state index in [0.717, 1.165) is 5.56 Å². The molecule has 0 spiro atoms. The second-order valence-corrected chi connectivity index (χ2v) is 7.78. The highest BCUT2D eigenvalue weighted by atomic mass is 19.3. The van der Waals surface area contributed by atoms with E-state index in [1.165, 1.54) is 15.8 Å². The van der Waals surface area contributed by atoms with Crippen LogP contribution in [0, 0.1) is 5.92 Å². The first kappa shape index (κ1) is 18.0. The molecular weight excluding hydrogens is 374 g/mol. The average Bonchev–Trinajstić information content (AvgIpc) is 3.03. The van der Waals surface area contributed by atoms with E-state index in [1.54, 1.807) is 24.3 Å². The fraction of sp³-hybridized carbons (Fsp3) is 0.318. The first-order chi connectivity index (χ1) is 14.0. The number of carbonyl (C=O) groups excluding carboxylic acids is 1. The Kier molecular flexibility index (Phi) is 4.01. The lowest BCUT2D eigenvalue weighted by molar-refractivity contribution is 0.0679. The van der Waals surface area contributed by atoms with Crippen LogP contribution in [-0.4, -0.2) is 44.8 Å². The molecular formula is C22H20F2N4O. The summed E-state index contributed by atoms with van der Waals surface area (Å²) >= 11 is 0. The first-order valence-corrected chi connectivity index (χ1v) is 9.69. The summed E-state index contributed by atoms with van der Waals surface area (Å²) in [5, 5.41) is 7.89. The molecule has 1 amide bonds. The molecule has 2 unspecified atom stereocenters. The van der Waals surface area contributed by atoms with E-state index < -0.39 is 17.3 Å². The van der Waals surface area contributed by atoms with Gasteiger partial charge in [0.1, 0.15) is 5.69 Å². The lowest BCUT2D eigenvalue weighted by Gasteiger charge is -2.30. The number of benzene rings is 2. The van der Waals surface area contributed by atoms with Gasteiger partial charge in [0.05, 0.1) is 24.1 Å². The molecule has 2 heterocycles. The molecule has 1 aromatic heterocycles. The molecule has 29 heavy (non-hydrogen) atoms. The number of alkyl halides is 2. The maximum atomic E-state index is 14.8. The summed E-state index contributed by atoms with van der Waals surface area (Å²) in [5.74, 6) is -3.95. The van der Waals surface area contributed by atoms with Crippen LogP contribution in [0.4, 0.5) is 8.78 Å². The minimum absolute atomic E-state index is 0.0389. The van der Waals surface area contributed by atoms with Crippen LogP contribution in [0.5, 0.6) is 0 Å². The molecule has 5 rings (SSSR count). The van der Waals surface area contributed by atoms with Gasteiger partial charge in [0, 0.05) is 13.1 Å². The lowest BCUT2D eigenvalue weighted by Crippen LogP contribution is -2.41. The monoisotopic (exact) mass is 394 g/mol. The predicted octanol–water partition coefficient (Wildman–Crippen LogP) is 3.38. The number of likely N-dealkylation sites (tertiary alicyclic amines) is 1. The third-order valence-electron chi connectivity index (χ3n) is 6.31. The van der Waals surface area contributed by atoms with Crippen LogP contribution in [0.2, 0.25) is 0 Å². The SMILES string of the molecule is O=C(c1cnnn1Cc1ccccc1)N1CCC2(c3ccccc3)C(C1)C2(F)F. The van der Waals surface area contributed by atoms with Gasteiger partial charge in [-0.25, -0.2) is 13.5 Å². The quantitative estimate of drug-likeness (QED) is 0.682. The summed E-state index contributed by atoms with van der Waals surface area (Å²) in [7, 11) is 0. The van der Waals surface area contributed by atoms with Crippen molar-refractivity contribution in [2.24, 2.45) is 5.92 Å². The van der Waals surface area contributed by atoms with Gasteiger partial charge in [0.25, 0.3) is 11.8 Å². The maximum absolute atomic E-state index is 14.8. The van der Waals surface area contributed by atoms with E-state index >= 15 is 0 Å². The Hall–Kier alpha value is -3.09. The van der Waals surface area contributed by atoms with Crippen molar-refractivity contribution < 1.29 is 13.6 Å². The van der Waals surface area contributed by atoms with Gasteiger partial charge in [-0.05, 0) is 17.5 Å². The molecule has 2 aromatic carbocycles. The van der Waals surface area contributed by atoms with Crippen LogP contribution < -0.4 is 0 Å². The van der Waals surface area contributed by atoms with E-state index in [2.05, 4.69) is 10.3 Å². The molecule has 2 fully saturated rings. The Labute approximate surface area is 167 Å². The zero-order valence-electron chi connectivity index (χ0n) is 15.7. The number of rotatable bonds is 4. The second-order valence-electron chi connectivity index (χ2n) is 7.78. The number of nitrogens with zero attached hydrogens (tertiary/aromatic N) is 4. The third-order valence-corrected chi connectivity index (χ3v) is 6.31. The van der Waals surface area contributed by atoms with Crippen molar-refractivity contribution in [1.29, 1.82) is 0 Å². The first-order valence-electron chi connectivity index (χ1n) is 9.69. The summed E-state index contributed by atoms with van der Waals surface area (Å²) in [5.41, 5.74) is 0.832. The van der Waals surface area contributed by atoms with Crippen molar-refractivity contribution in [2.45, 2.75) is 24.3 Å². The van der Waals surface area contributed by atoms with E-state index in [4.69, 9.17) is 0 Å². The Morgan fingerprint density at radius 2 is 1.76 bits per heavy atom. The van der Waals surface area contributed by atoms with Crippen molar-refractivity contribution in [3.05, 3.63) is 83.7 Å². The summed E-state index contributed by atoms with van der Waals surface area (Å²) in [4.78, 5) is 14.6. The van der Waals surface area contributed by atoms with E-state index in [9.17, 15) is 13.6 Å². The fourth-order valence-corrected chi connectivity index (χ4v) is 4.68. The lowest BCUT2D eigenvalue weighted by atomic mass is 9.87. The molecule has 7 heteroatoms. The topological polar surface area (TPSA) is 51.0 Å². The molecule has 1 aliphatic carbocycles.